The molecule has 0 atom stereocenters. The smallest absolute Gasteiger partial charge is 0.213 e. The number of hydrogen-bond acceptors (Lipinski definition) is 3. The van der Waals surface area contributed by atoms with Crippen LogP contribution in [0.15, 0.2) is 12.1 Å². The molecule has 0 N–H and O–H groups in total. The van der Waals surface area contributed by atoms with Crippen molar-refractivity contribution in [3.8, 4) is 5.88 Å². The largest absolute Gasteiger partial charge is 0.476 e. The molecule has 0 bridgehead atoms. The molecule has 0 amide bonds. The van der Waals surface area contributed by atoms with Gasteiger partial charge in [0.2, 0.25) is 5.88 Å². The van der Waals surface area contributed by atoms with Gasteiger partial charge >= 0.3 is 0 Å². The number of aromatic nitrogens is 1. The maximum absolute atomic E-state index is 5.91. The van der Waals surface area contributed by atoms with Crippen LogP contribution in [0.25, 0.3) is 0 Å². The lowest BCUT2D eigenvalue weighted by Crippen LogP contribution is -2.28. The molecule has 0 fully saturated rings. The maximum Gasteiger partial charge on any atom is 0.213 e. The average molecular weight is 277 g/mol. The van der Waals surface area contributed by atoms with Crippen LogP contribution >= 0.6 is 23.2 Å². The number of likely N-dealkylation sites (N-methyl/N-ethyl adjacent to an activating group) is 1. The summed E-state index contributed by atoms with van der Waals surface area (Å²) in [5, 5.41) is 0.580. The lowest BCUT2D eigenvalue weighted by molar-refractivity contribution is 0.217. The summed E-state index contributed by atoms with van der Waals surface area (Å²) in [6, 6.07) is 3.53. The van der Waals surface area contributed by atoms with Crippen LogP contribution in [0.1, 0.15) is 19.5 Å². The molecule has 0 aliphatic rings. The second-order valence-electron chi connectivity index (χ2n) is 3.59. The number of rotatable bonds is 7. The van der Waals surface area contributed by atoms with E-state index in [4.69, 9.17) is 27.9 Å². The predicted molar refractivity (Wildman–Crippen MR) is 72.1 cm³/mol. The van der Waals surface area contributed by atoms with Crippen molar-refractivity contribution in [3.05, 3.63) is 22.8 Å². The van der Waals surface area contributed by atoms with E-state index in [1.165, 1.54) is 0 Å². The van der Waals surface area contributed by atoms with Crippen LogP contribution < -0.4 is 4.74 Å². The van der Waals surface area contributed by atoms with Crippen LogP contribution in [0.5, 0.6) is 5.88 Å². The summed E-state index contributed by atoms with van der Waals surface area (Å²) < 4.78 is 5.57. The summed E-state index contributed by atoms with van der Waals surface area (Å²) in [5.74, 6) is 0.878. The van der Waals surface area contributed by atoms with E-state index >= 15 is 0 Å². The molecule has 1 aromatic rings. The van der Waals surface area contributed by atoms with Crippen molar-refractivity contribution in [1.29, 1.82) is 0 Å². The molecule has 0 radical (unpaired) electrons. The summed E-state index contributed by atoms with van der Waals surface area (Å²) in [6.45, 7) is 7.85. The van der Waals surface area contributed by atoms with Gasteiger partial charge in [-0.05, 0) is 19.2 Å². The molecule has 1 heterocycles. The quantitative estimate of drug-likeness (QED) is 0.716. The van der Waals surface area contributed by atoms with E-state index < -0.39 is 0 Å². The highest BCUT2D eigenvalue weighted by Crippen LogP contribution is 2.19. The van der Waals surface area contributed by atoms with E-state index in [0.29, 0.717) is 29.1 Å². The van der Waals surface area contributed by atoms with Gasteiger partial charge in [0.25, 0.3) is 0 Å². The van der Waals surface area contributed by atoms with Gasteiger partial charge in [0.1, 0.15) is 6.61 Å². The number of nitrogens with zero attached hydrogens (tertiary/aromatic N) is 2. The minimum atomic E-state index is 0.298. The number of ether oxygens (including phenoxy) is 1. The third-order valence-electron chi connectivity index (χ3n) is 2.57. The van der Waals surface area contributed by atoms with Crippen LogP contribution in [-0.4, -0.2) is 36.1 Å². The fourth-order valence-electron chi connectivity index (χ4n) is 1.46. The Labute approximate surface area is 113 Å². The summed E-state index contributed by atoms with van der Waals surface area (Å²) in [6.07, 6.45) is 0. The number of hydrogen-bond donors (Lipinski definition) is 0. The highest BCUT2D eigenvalue weighted by molar-refractivity contribution is 6.32. The lowest BCUT2D eigenvalue weighted by Gasteiger charge is -2.17. The van der Waals surface area contributed by atoms with Crippen LogP contribution in [-0.2, 0) is 5.88 Å². The Morgan fingerprint density at radius 2 is 2.00 bits per heavy atom. The Hall–Kier alpha value is -0.510. The van der Waals surface area contributed by atoms with Crippen LogP contribution in [0.2, 0.25) is 5.02 Å². The Bertz CT molecular complexity index is 343. The highest BCUT2D eigenvalue weighted by atomic mass is 35.5. The van der Waals surface area contributed by atoms with E-state index in [-0.39, 0.29) is 0 Å². The number of halogens is 2. The minimum Gasteiger partial charge on any atom is -0.476 e. The molecular formula is C12H18Cl2N2O. The third kappa shape index (κ3) is 4.70. The van der Waals surface area contributed by atoms with Gasteiger partial charge in [0.15, 0.2) is 0 Å². The van der Waals surface area contributed by atoms with Gasteiger partial charge in [0.05, 0.1) is 16.6 Å². The normalized spacial score (nSPS) is 10.9. The maximum atomic E-state index is 5.91. The molecule has 1 rings (SSSR count). The topological polar surface area (TPSA) is 25.4 Å². The van der Waals surface area contributed by atoms with Gasteiger partial charge in [-0.1, -0.05) is 25.4 Å². The second kappa shape index (κ2) is 7.75. The molecule has 0 saturated carbocycles. The predicted octanol–water partition coefficient (Wildman–Crippen LogP) is 3.19. The molecule has 0 spiro atoms. The van der Waals surface area contributed by atoms with Crippen LogP contribution in [0.3, 0.4) is 0 Å². The first kappa shape index (κ1) is 14.6. The first-order valence-electron chi connectivity index (χ1n) is 5.77. The molecular weight excluding hydrogens is 259 g/mol. The van der Waals surface area contributed by atoms with E-state index in [0.717, 1.165) is 19.6 Å². The molecule has 3 nitrogen and oxygen atoms in total. The van der Waals surface area contributed by atoms with Crippen molar-refractivity contribution >= 4 is 23.2 Å². The van der Waals surface area contributed by atoms with Crippen molar-refractivity contribution in [2.75, 3.05) is 26.2 Å². The average Bonchev–Trinajstić information content (AvgIpc) is 2.36. The molecule has 1 aromatic heterocycles. The summed E-state index contributed by atoms with van der Waals surface area (Å²) >= 11 is 11.6. The van der Waals surface area contributed by atoms with Crippen LogP contribution in [0.4, 0.5) is 0 Å². The molecule has 5 heteroatoms. The van der Waals surface area contributed by atoms with Crippen LogP contribution in [0, 0.1) is 0 Å². The Balaban J connectivity index is 2.46. The first-order valence-corrected chi connectivity index (χ1v) is 6.69. The van der Waals surface area contributed by atoms with E-state index in [1.54, 1.807) is 12.1 Å². The molecule has 0 saturated heterocycles. The van der Waals surface area contributed by atoms with Crippen molar-refractivity contribution in [2.45, 2.75) is 19.7 Å². The molecule has 0 aromatic carbocycles. The van der Waals surface area contributed by atoms with E-state index in [9.17, 15) is 0 Å². The molecule has 96 valence electrons. The van der Waals surface area contributed by atoms with Gasteiger partial charge in [-0.3, -0.25) is 0 Å². The number of pyridine rings is 1. The lowest BCUT2D eigenvalue weighted by atomic mass is 10.4. The van der Waals surface area contributed by atoms with Gasteiger partial charge in [-0.25, -0.2) is 4.98 Å². The summed E-state index contributed by atoms with van der Waals surface area (Å²) in [5.41, 5.74) is 0.661. The molecule has 0 aliphatic heterocycles. The Morgan fingerprint density at radius 3 is 2.59 bits per heavy atom. The van der Waals surface area contributed by atoms with Crippen molar-refractivity contribution < 1.29 is 4.74 Å². The molecule has 0 aliphatic carbocycles. The SMILES string of the molecule is CCN(CC)CCOc1ccc(Cl)c(CCl)n1. The van der Waals surface area contributed by atoms with E-state index in [1.807, 2.05) is 0 Å². The third-order valence-corrected chi connectivity index (χ3v) is 3.17. The zero-order valence-electron chi connectivity index (χ0n) is 10.2. The van der Waals surface area contributed by atoms with Gasteiger partial charge in [-0.15, -0.1) is 11.6 Å². The summed E-state index contributed by atoms with van der Waals surface area (Å²) in [7, 11) is 0. The summed E-state index contributed by atoms with van der Waals surface area (Å²) in [4.78, 5) is 6.52. The number of alkyl halides is 1. The zero-order valence-corrected chi connectivity index (χ0v) is 11.8. The van der Waals surface area contributed by atoms with Crippen molar-refractivity contribution in [3.63, 3.8) is 0 Å². The highest BCUT2D eigenvalue weighted by Gasteiger charge is 2.04. The van der Waals surface area contributed by atoms with E-state index in [2.05, 4.69) is 23.7 Å². The van der Waals surface area contributed by atoms with Crippen molar-refractivity contribution in [1.82, 2.24) is 9.88 Å². The first-order chi connectivity index (χ1) is 8.21. The standard InChI is InChI=1S/C12H18Cl2N2O/c1-3-16(4-2)7-8-17-12-6-5-10(14)11(9-13)15-12/h5-6H,3-4,7-9H2,1-2H3. The second-order valence-corrected chi connectivity index (χ2v) is 4.26. The van der Waals surface area contributed by atoms with Gasteiger partial charge in [0, 0.05) is 12.6 Å². The fraction of sp³-hybridized carbons (Fsp3) is 0.583. The molecule has 17 heavy (non-hydrogen) atoms. The monoisotopic (exact) mass is 276 g/mol. The Kier molecular flexibility index (Phi) is 6.63. The molecule has 0 unspecified atom stereocenters. The zero-order chi connectivity index (χ0) is 12.7. The van der Waals surface area contributed by atoms with Crippen molar-refractivity contribution in [2.24, 2.45) is 0 Å². The Morgan fingerprint density at radius 1 is 1.29 bits per heavy atom. The van der Waals surface area contributed by atoms with Gasteiger partial charge in [-0.2, -0.15) is 0 Å². The minimum absolute atomic E-state index is 0.298. The van der Waals surface area contributed by atoms with Gasteiger partial charge < -0.3 is 9.64 Å². The fourth-order valence-corrected chi connectivity index (χ4v) is 1.90.